The van der Waals surface area contributed by atoms with Crippen molar-refractivity contribution in [3.63, 3.8) is 0 Å². The molecule has 0 spiro atoms. The quantitative estimate of drug-likeness (QED) is 0.698. The molecule has 0 radical (unpaired) electrons. The standard InChI is InChI=1S/C12H19N3/c1-8-5-9(2)12-10(6-8)14-11-7-13-3-4-15(11)12/h8-9,13H,3-7H2,1-2H3. The van der Waals surface area contributed by atoms with E-state index in [2.05, 4.69) is 23.7 Å². The van der Waals surface area contributed by atoms with Crippen molar-refractivity contribution < 1.29 is 0 Å². The van der Waals surface area contributed by atoms with Crippen molar-refractivity contribution in [1.29, 1.82) is 0 Å². The highest BCUT2D eigenvalue weighted by molar-refractivity contribution is 5.25. The second-order valence-electron chi connectivity index (χ2n) is 5.13. The van der Waals surface area contributed by atoms with Crippen LogP contribution in [0.25, 0.3) is 0 Å². The van der Waals surface area contributed by atoms with Crippen LogP contribution in [0.15, 0.2) is 0 Å². The summed E-state index contributed by atoms with van der Waals surface area (Å²) in [5.41, 5.74) is 2.91. The molecular weight excluding hydrogens is 186 g/mol. The molecule has 15 heavy (non-hydrogen) atoms. The van der Waals surface area contributed by atoms with E-state index in [9.17, 15) is 0 Å². The summed E-state index contributed by atoms with van der Waals surface area (Å²) in [5.74, 6) is 2.76. The number of imidazole rings is 1. The average Bonchev–Trinajstić information content (AvgIpc) is 2.54. The minimum atomic E-state index is 0.697. The number of hydrogen-bond donors (Lipinski definition) is 1. The van der Waals surface area contributed by atoms with E-state index in [-0.39, 0.29) is 0 Å². The van der Waals surface area contributed by atoms with Crippen LogP contribution in [0.2, 0.25) is 0 Å². The van der Waals surface area contributed by atoms with E-state index in [1.807, 2.05) is 0 Å². The minimum absolute atomic E-state index is 0.697. The molecule has 3 rings (SSSR count). The molecule has 1 aliphatic carbocycles. The SMILES string of the molecule is CC1Cc2nc3n(c2C(C)C1)CCNC3. The highest BCUT2D eigenvalue weighted by Crippen LogP contribution is 2.35. The van der Waals surface area contributed by atoms with Crippen LogP contribution in [0.3, 0.4) is 0 Å². The van der Waals surface area contributed by atoms with Gasteiger partial charge in [-0.05, 0) is 24.7 Å². The molecule has 1 aromatic heterocycles. The van der Waals surface area contributed by atoms with Crippen LogP contribution in [0.1, 0.15) is 43.4 Å². The molecular formula is C12H19N3. The fourth-order valence-electron chi connectivity index (χ4n) is 3.17. The van der Waals surface area contributed by atoms with E-state index in [0.29, 0.717) is 5.92 Å². The summed E-state index contributed by atoms with van der Waals surface area (Å²) in [4.78, 5) is 4.79. The van der Waals surface area contributed by atoms with Gasteiger partial charge in [-0.1, -0.05) is 13.8 Å². The fraction of sp³-hybridized carbons (Fsp3) is 0.750. The van der Waals surface area contributed by atoms with Crippen molar-refractivity contribution in [2.75, 3.05) is 6.54 Å². The lowest BCUT2D eigenvalue weighted by atomic mass is 9.84. The third kappa shape index (κ3) is 1.41. The van der Waals surface area contributed by atoms with E-state index < -0.39 is 0 Å². The monoisotopic (exact) mass is 205 g/mol. The molecule has 3 nitrogen and oxygen atoms in total. The first-order chi connectivity index (χ1) is 7.25. The van der Waals surface area contributed by atoms with Crippen LogP contribution in [-0.2, 0) is 19.5 Å². The summed E-state index contributed by atoms with van der Waals surface area (Å²) in [6.45, 7) is 7.85. The summed E-state index contributed by atoms with van der Waals surface area (Å²) in [6, 6.07) is 0. The first kappa shape index (κ1) is 9.40. The normalized spacial score (nSPS) is 29.7. The molecule has 1 aliphatic heterocycles. The lowest BCUT2D eigenvalue weighted by molar-refractivity contribution is 0.416. The number of hydrogen-bond acceptors (Lipinski definition) is 2. The highest BCUT2D eigenvalue weighted by atomic mass is 15.2. The van der Waals surface area contributed by atoms with Crippen LogP contribution >= 0.6 is 0 Å². The van der Waals surface area contributed by atoms with E-state index >= 15 is 0 Å². The lowest BCUT2D eigenvalue weighted by Gasteiger charge is -2.26. The van der Waals surface area contributed by atoms with Gasteiger partial charge in [0.15, 0.2) is 0 Å². The molecule has 2 aliphatic rings. The predicted octanol–water partition coefficient (Wildman–Crippen LogP) is 1.67. The molecule has 0 bridgehead atoms. The summed E-state index contributed by atoms with van der Waals surface area (Å²) in [6.07, 6.45) is 2.51. The fourth-order valence-corrected chi connectivity index (χ4v) is 3.17. The zero-order chi connectivity index (χ0) is 10.4. The Hall–Kier alpha value is -0.830. The Morgan fingerprint density at radius 1 is 1.40 bits per heavy atom. The number of nitrogens with one attached hydrogen (secondary N) is 1. The molecule has 0 saturated carbocycles. The summed E-state index contributed by atoms with van der Waals surface area (Å²) >= 11 is 0. The van der Waals surface area contributed by atoms with Crippen molar-refractivity contribution in [3.8, 4) is 0 Å². The van der Waals surface area contributed by atoms with Gasteiger partial charge in [0.1, 0.15) is 5.82 Å². The molecule has 0 fully saturated rings. The average molecular weight is 205 g/mol. The Bertz CT molecular complexity index is 380. The molecule has 2 atom stereocenters. The van der Waals surface area contributed by atoms with Gasteiger partial charge in [-0.15, -0.1) is 0 Å². The maximum Gasteiger partial charge on any atom is 0.123 e. The largest absolute Gasteiger partial charge is 0.329 e. The molecule has 0 saturated heterocycles. The number of aromatic nitrogens is 2. The smallest absolute Gasteiger partial charge is 0.123 e. The van der Waals surface area contributed by atoms with Gasteiger partial charge in [-0.25, -0.2) is 4.98 Å². The second-order valence-corrected chi connectivity index (χ2v) is 5.13. The molecule has 0 amide bonds. The van der Waals surface area contributed by atoms with Crippen LogP contribution in [0.4, 0.5) is 0 Å². The number of rotatable bonds is 0. The Morgan fingerprint density at radius 3 is 3.13 bits per heavy atom. The van der Waals surface area contributed by atoms with Crippen molar-refractivity contribution in [3.05, 3.63) is 17.2 Å². The van der Waals surface area contributed by atoms with Crippen molar-refractivity contribution in [1.82, 2.24) is 14.9 Å². The van der Waals surface area contributed by atoms with Gasteiger partial charge in [-0.3, -0.25) is 0 Å². The Kier molecular flexibility index (Phi) is 2.09. The van der Waals surface area contributed by atoms with Gasteiger partial charge in [0, 0.05) is 18.8 Å². The Balaban J connectivity index is 2.08. The van der Waals surface area contributed by atoms with Gasteiger partial charge in [0.05, 0.1) is 12.2 Å². The van der Waals surface area contributed by atoms with E-state index in [1.165, 1.54) is 30.1 Å². The van der Waals surface area contributed by atoms with E-state index in [0.717, 1.165) is 25.6 Å². The maximum atomic E-state index is 4.79. The first-order valence-electron chi connectivity index (χ1n) is 6.04. The predicted molar refractivity (Wildman–Crippen MR) is 59.8 cm³/mol. The van der Waals surface area contributed by atoms with Crippen LogP contribution < -0.4 is 5.32 Å². The van der Waals surface area contributed by atoms with Crippen molar-refractivity contribution in [2.45, 2.75) is 45.7 Å². The first-order valence-corrected chi connectivity index (χ1v) is 6.04. The van der Waals surface area contributed by atoms with Crippen LogP contribution in [-0.4, -0.2) is 16.1 Å². The molecule has 2 unspecified atom stereocenters. The molecule has 1 aromatic rings. The molecule has 0 aromatic carbocycles. The Labute approximate surface area is 90.9 Å². The van der Waals surface area contributed by atoms with Gasteiger partial charge in [0.2, 0.25) is 0 Å². The zero-order valence-electron chi connectivity index (χ0n) is 9.58. The summed E-state index contributed by atoms with van der Waals surface area (Å²) in [5, 5.41) is 3.39. The van der Waals surface area contributed by atoms with Crippen LogP contribution in [0, 0.1) is 5.92 Å². The van der Waals surface area contributed by atoms with Gasteiger partial charge < -0.3 is 9.88 Å². The van der Waals surface area contributed by atoms with E-state index in [1.54, 1.807) is 0 Å². The molecule has 1 N–H and O–H groups in total. The van der Waals surface area contributed by atoms with Crippen LogP contribution in [0.5, 0.6) is 0 Å². The highest BCUT2D eigenvalue weighted by Gasteiger charge is 2.28. The number of nitrogens with zero attached hydrogens (tertiary/aromatic N) is 2. The number of fused-ring (bicyclic) bond motifs is 3. The Morgan fingerprint density at radius 2 is 2.27 bits per heavy atom. The minimum Gasteiger partial charge on any atom is -0.329 e. The lowest BCUT2D eigenvalue weighted by Crippen LogP contribution is -2.29. The van der Waals surface area contributed by atoms with E-state index in [4.69, 9.17) is 4.98 Å². The molecule has 3 heteroatoms. The van der Waals surface area contributed by atoms with Gasteiger partial charge in [-0.2, -0.15) is 0 Å². The molecule has 82 valence electrons. The van der Waals surface area contributed by atoms with Crippen molar-refractivity contribution >= 4 is 0 Å². The van der Waals surface area contributed by atoms with Gasteiger partial charge >= 0.3 is 0 Å². The van der Waals surface area contributed by atoms with Crippen molar-refractivity contribution in [2.24, 2.45) is 5.92 Å². The molecule has 2 heterocycles. The second kappa shape index (κ2) is 3.34. The maximum absolute atomic E-state index is 4.79. The third-order valence-electron chi connectivity index (χ3n) is 3.72. The summed E-state index contributed by atoms with van der Waals surface area (Å²) < 4.78 is 2.46. The summed E-state index contributed by atoms with van der Waals surface area (Å²) in [7, 11) is 0. The third-order valence-corrected chi connectivity index (χ3v) is 3.72. The zero-order valence-corrected chi connectivity index (χ0v) is 9.58. The topological polar surface area (TPSA) is 29.9 Å². The van der Waals surface area contributed by atoms with Gasteiger partial charge in [0.25, 0.3) is 0 Å².